The van der Waals surface area contributed by atoms with Crippen LogP contribution >= 0.6 is 11.6 Å². The van der Waals surface area contributed by atoms with Gasteiger partial charge in [0.05, 0.1) is 16.8 Å². The second-order valence-electron chi connectivity index (χ2n) is 5.18. The summed E-state index contributed by atoms with van der Waals surface area (Å²) in [6, 6.07) is 4.34. The number of nitrogens with one attached hydrogen (secondary N) is 2. The van der Waals surface area contributed by atoms with Gasteiger partial charge in [0.2, 0.25) is 11.8 Å². The zero-order valence-electron chi connectivity index (χ0n) is 11.3. The third-order valence-electron chi connectivity index (χ3n) is 3.49. The summed E-state index contributed by atoms with van der Waals surface area (Å²) < 4.78 is 0. The van der Waals surface area contributed by atoms with Crippen molar-refractivity contribution in [2.45, 2.75) is 25.8 Å². The van der Waals surface area contributed by atoms with Crippen LogP contribution in [0.25, 0.3) is 0 Å². The summed E-state index contributed by atoms with van der Waals surface area (Å²) in [5.74, 6) is -0.180. The molecule has 0 radical (unpaired) electrons. The average molecular weight is 296 g/mol. The van der Waals surface area contributed by atoms with Crippen molar-refractivity contribution in [1.82, 2.24) is 5.32 Å². The Morgan fingerprint density at radius 3 is 2.85 bits per heavy atom. The minimum atomic E-state index is -0.554. The predicted molar refractivity (Wildman–Crippen MR) is 78.8 cm³/mol. The molecule has 5 nitrogen and oxygen atoms in total. The van der Waals surface area contributed by atoms with E-state index in [1.807, 2.05) is 0 Å². The Bertz CT molecular complexity index is 533. The summed E-state index contributed by atoms with van der Waals surface area (Å²) in [6.07, 6.45) is 1.86. The number of hydrogen-bond donors (Lipinski definition) is 3. The summed E-state index contributed by atoms with van der Waals surface area (Å²) in [5, 5.41) is 6.32. The molecule has 0 aromatic heterocycles. The summed E-state index contributed by atoms with van der Waals surface area (Å²) in [6.45, 7) is 2.95. The maximum absolute atomic E-state index is 12.2. The molecule has 2 amide bonds. The van der Waals surface area contributed by atoms with Crippen LogP contribution < -0.4 is 16.4 Å². The Labute approximate surface area is 122 Å². The van der Waals surface area contributed by atoms with Gasteiger partial charge in [-0.05, 0) is 43.5 Å². The molecule has 1 saturated heterocycles. The van der Waals surface area contributed by atoms with E-state index in [4.69, 9.17) is 17.3 Å². The van der Waals surface area contributed by atoms with Crippen LogP contribution in [0.1, 0.15) is 30.1 Å². The lowest BCUT2D eigenvalue weighted by molar-refractivity contribution is -0.119. The molecule has 20 heavy (non-hydrogen) atoms. The minimum absolute atomic E-state index is 0.139. The number of hydrogen-bond acceptors (Lipinski definition) is 3. The van der Waals surface area contributed by atoms with Crippen LogP contribution in [-0.2, 0) is 4.79 Å². The number of anilines is 1. The van der Waals surface area contributed by atoms with Crippen molar-refractivity contribution >= 4 is 29.1 Å². The highest BCUT2D eigenvalue weighted by Gasteiger charge is 2.25. The standard InChI is InChI=1S/C14H18ClN3O2/c1-8-4-5-17-12(6-8)14(20)18-11-7-9(13(16)19)2-3-10(11)15/h2-3,7-8,12,17H,4-6H2,1H3,(H2,16,19)(H,18,20). The Morgan fingerprint density at radius 2 is 2.20 bits per heavy atom. The summed E-state index contributed by atoms with van der Waals surface area (Å²) in [5.41, 5.74) is 5.94. The van der Waals surface area contributed by atoms with Gasteiger partial charge in [-0.2, -0.15) is 0 Å². The summed E-state index contributed by atoms with van der Waals surface area (Å²) in [7, 11) is 0. The fourth-order valence-corrected chi connectivity index (χ4v) is 2.47. The van der Waals surface area contributed by atoms with Gasteiger partial charge in [0.1, 0.15) is 0 Å². The molecule has 1 fully saturated rings. The van der Waals surface area contributed by atoms with Gasteiger partial charge in [-0.3, -0.25) is 9.59 Å². The van der Waals surface area contributed by atoms with Gasteiger partial charge in [0.15, 0.2) is 0 Å². The second-order valence-corrected chi connectivity index (χ2v) is 5.59. The van der Waals surface area contributed by atoms with Crippen LogP contribution in [0, 0.1) is 5.92 Å². The van der Waals surface area contributed by atoms with Gasteiger partial charge in [0, 0.05) is 5.56 Å². The third kappa shape index (κ3) is 3.49. The molecule has 2 unspecified atom stereocenters. The SMILES string of the molecule is CC1CCNC(C(=O)Nc2cc(C(N)=O)ccc2Cl)C1. The molecule has 0 bridgehead atoms. The van der Waals surface area contributed by atoms with Crippen LogP contribution in [0.2, 0.25) is 5.02 Å². The largest absolute Gasteiger partial charge is 0.366 e. The molecule has 1 aliphatic heterocycles. The number of amides is 2. The lowest BCUT2D eigenvalue weighted by atomic mass is 9.94. The molecular weight excluding hydrogens is 278 g/mol. The quantitative estimate of drug-likeness (QED) is 0.794. The maximum atomic E-state index is 12.2. The lowest BCUT2D eigenvalue weighted by Gasteiger charge is -2.27. The van der Waals surface area contributed by atoms with Gasteiger partial charge in [-0.15, -0.1) is 0 Å². The Morgan fingerprint density at radius 1 is 1.45 bits per heavy atom. The first kappa shape index (κ1) is 14.8. The summed E-state index contributed by atoms with van der Waals surface area (Å²) in [4.78, 5) is 23.3. The summed E-state index contributed by atoms with van der Waals surface area (Å²) >= 11 is 6.03. The van der Waals surface area contributed by atoms with Crippen LogP contribution in [0.3, 0.4) is 0 Å². The third-order valence-corrected chi connectivity index (χ3v) is 3.82. The topological polar surface area (TPSA) is 84.2 Å². The highest BCUT2D eigenvalue weighted by atomic mass is 35.5. The normalized spacial score (nSPS) is 22.3. The van der Waals surface area contributed by atoms with Crippen LogP contribution in [-0.4, -0.2) is 24.4 Å². The number of piperidine rings is 1. The van der Waals surface area contributed by atoms with E-state index >= 15 is 0 Å². The van der Waals surface area contributed by atoms with E-state index < -0.39 is 5.91 Å². The van der Waals surface area contributed by atoms with E-state index in [-0.39, 0.29) is 11.9 Å². The number of primary amides is 1. The van der Waals surface area contributed by atoms with Gasteiger partial charge in [-0.1, -0.05) is 18.5 Å². The first-order valence-electron chi connectivity index (χ1n) is 6.61. The molecule has 1 aromatic carbocycles. The lowest BCUT2D eigenvalue weighted by Crippen LogP contribution is -2.45. The molecule has 4 N–H and O–H groups in total. The number of carbonyl (C=O) groups is 2. The minimum Gasteiger partial charge on any atom is -0.366 e. The molecule has 1 aromatic rings. The zero-order valence-corrected chi connectivity index (χ0v) is 12.0. The van der Waals surface area contributed by atoms with E-state index in [1.165, 1.54) is 12.1 Å². The van der Waals surface area contributed by atoms with E-state index in [2.05, 4.69) is 17.6 Å². The van der Waals surface area contributed by atoms with Crippen molar-refractivity contribution in [3.8, 4) is 0 Å². The van der Waals surface area contributed by atoms with E-state index in [9.17, 15) is 9.59 Å². The molecule has 1 heterocycles. The van der Waals surface area contributed by atoms with Crippen molar-refractivity contribution < 1.29 is 9.59 Å². The molecular formula is C14H18ClN3O2. The number of carbonyl (C=O) groups excluding carboxylic acids is 2. The average Bonchev–Trinajstić information content (AvgIpc) is 2.41. The first-order valence-corrected chi connectivity index (χ1v) is 6.98. The molecule has 6 heteroatoms. The van der Waals surface area contributed by atoms with Crippen molar-refractivity contribution in [1.29, 1.82) is 0 Å². The van der Waals surface area contributed by atoms with Gasteiger partial charge >= 0.3 is 0 Å². The van der Waals surface area contributed by atoms with Gasteiger partial charge in [0.25, 0.3) is 0 Å². The van der Waals surface area contributed by atoms with Crippen molar-refractivity contribution in [3.63, 3.8) is 0 Å². The van der Waals surface area contributed by atoms with Crippen LogP contribution in [0.15, 0.2) is 18.2 Å². The van der Waals surface area contributed by atoms with Crippen molar-refractivity contribution in [2.24, 2.45) is 11.7 Å². The smallest absolute Gasteiger partial charge is 0.248 e. The number of nitrogens with two attached hydrogens (primary N) is 1. The van der Waals surface area contributed by atoms with E-state index in [0.29, 0.717) is 22.2 Å². The maximum Gasteiger partial charge on any atom is 0.248 e. The molecule has 0 saturated carbocycles. The Hall–Kier alpha value is -1.59. The molecule has 0 aliphatic carbocycles. The molecule has 108 valence electrons. The molecule has 2 atom stereocenters. The number of benzene rings is 1. The van der Waals surface area contributed by atoms with Crippen molar-refractivity contribution in [2.75, 3.05) is 11.9 Å². The zero-order chi connectivity index (χ0) is 14.7. The Kier molecular flexibility index (Phi) is 4.62. The fraction of sp³-hybridized carbons (Fsp3) is 0.429. The number of rotatable bonds is 3. The van der Waals surface area contributed by atoms with Crippen molar-refractivity contribution in [3.05, 3.63) is 28.8 Å². The highest BCUT2D eigenvalue weighted by Crippen LogP contribution is 2.24. The molecule has 1 aliphatic rings. The van der Waals surface area contributed by atoms with Gasteiger partial charge in [-0.25, -0.2) is 0 Å². The van der Waals surface area contributed by atoms with Gasteiger partial charge < -0.3 is 16.4 Å². The van der Waals surface area contributed by atoms with Crippen LogP contribution in [0.4, 0.5) is 5.69 Å². The predicted octanol–water partition coefficient (Wildman–Crippen LogP) is 1.77. The second kappa shape index (κ2) is 6.24. The molecule has 0 spiro atoms. The number of halogens is 1. The Balaban J connectivity index is 2.10. The monoisotopic (exact) mass is 295 g/mol. The van der Waals surface area contributed by atoms with E-state index in [1.54, 1.807) is 6.07 Å². The van der Waals surface area contributed by atoms with Crippen LogP contribution in [0.5, 0.6) is 0 Å². The van der Waals surface area contributed by atoms with E-state index in [0.717, 1.165) is 19.4 Å². The highest BCUT2D eigenvalue weighted by molar-refractivity contribution is 6.34. The first-order chi connectivity index (χ1) is 9.47. The molecule has 2 rings (SSSR count). The fourth-order valence-electron chi connectivity index (χ4n) is 2.30.